The first-order valence-electron chi connectivity index (χ1n) is 7.76. The summed E-state index contributed by atoms with van der Waals surface area (Å²) in [6.45, 7) is 4.14. The number of pyridine rings is 2. The van der Waals surface area contributed by atoms with Crippen LogP contribution in [0.5, 0.6) is 5.88 Å². The predicted molar refractivity (Wildman–Crippen MR) is 104 cm³/mol. The number of fused-ring (bicyclic) bond motifs is 1. The van der Waals surface area contributed by atoms with Gasteiger partial charge in [0.25, 0.3) is 5.56 Å². The molecule has 4 N–H and O–H groups in total. The number of H-pyrrole nitrogens is 1. The largest absolute Gasteiger partial charge is 0.481 e. The van der Waals surface area contributed by atoms with Gasteiger partial charge in [-0.15, -0.1) is 0 Å². The van der Waals surface area contributed by atoms with E-state index in [9.17, 15) is 4.79 Å². The lowest BCUT2D eigenvalue weighted by Gasteiger charge is -2.13. The first-order chi connectivity index (χ1) is 11.9. The number of nitrogens with one attached hydrogen (secondary N) is 2. The summed E-state index contributed by atoms with van der Waals surface area (Å²) < 4.78 is 6.14. The van der Waals surface area contributed by atoms with E-state index in [0.29, 0.717) is 29.5 Å². The van der Waals surface area contributed by atoms with E-state index in [-0.39, 0.29) is 5.56 Å². The highest BCUT2D eigenvalue weighted by Gasteiger charge is 2.12. The summed E-state index contributed by atoms with van der Waals surface area (Å²) in [4.78, 5) is 19.5. The van der Waals surface area contributed by atoms with Crippen LogP contribution in [0.3, 0.4) is 0 Å². The zero-order valence-corrected chi connectivity index (χ0v) is 15.8. The van der Waals surface area contributed by atoms with Crippen LogP contribution in [0.25, 0.3) is 10.8 Å². The summed E-state index contributed by atoms with van der Waals surface area (Å²) in [7, 11) is 1.56. The van der Waals surface area contributed by atoms with Crippen molar-refractivity contribution in [3.8, 4) is 5.88 Å². The van der Waals surface area contributed by atoms with Crippen molar-refractivity contribution in [3.05, 3.63) is 55.9 Å². The van der Waals surface area contributed by atoms with Gasteiger partial charge in [-0.1, -0.05) is 15.9 Å². The molecule has 2 aromatic heterocycles. The first-order valence-corrected chi connectivity index (χ1v) is 8.55. The second kappa shape index (κ2) is 6.76. The van der Waals surface area contributed by atoms with E-state index in [1.165, 1.54) is 0 Å². The lowest BCUT2D eigenvalue weighted by atomic mass is 10.1. The van der Waals surface area contributed by atoms with Crippen LogP contribution in [0.1, 0.15) is 16.8 Å². The monoisotopic (exact) mass is 402 g/mol. The molecule has 0 unspecified atom stereocenters. The Morgan fingerprint density at radius 3 is 2.68 bits per heavy atom. The van der Waals surface area contributed by atoms with Crippen molar-refractivity contribution in [3.63, 3.8) is 0 Å². The fourth-order valence-corrected chi connectivity index (χ4v) is 3.31. The fourth-order valence-electron chi connectivity index (χ4n) is 2.83. The Labute approximate surface area is 153 Å². The third kappa shape index (κ3) is 3.46. The van der Waals surface area contributed by atoms with Crippen LogP contribution in [0.4, 0.5) is 11.5 Å². The van der Waals surface area contributed by atoms with Crippen LogP contribution in [0.2, 0.25) is 0 Å². The normalized spacial score (nSPS) is 10.9. The number of hydrogen-bond acceptors (Lipinski definition) is 5. The van der Waals surface area contributed by atoms with Crippen LogP contribution in [0, 0.1) is 13.8 Å². The molecule has 0 aliphatic carbocycles. The van der Waals surface area contributed by atoms with Gasteiger partial charge >= 0.3 is 0 Å². The van der Waals surface area contributed by atoms with E-state index in [0.717, 1.165) is 26.5 Å². The first kappa shape index (κ1) is 17.3. The zero-order chi connectivity index (χ0) is 18.1. The molecule has 0 saturated heterocycles. The Morgan fingerprint density at radius 1 is 1.24 bits per heavy atom. The number of anilines is 2. The van der Waals surface area contributed by atoms with Gasteiger partial charge in [-0.3, -0.25) is 4.79 Å². The third-order valence-electron chi connectivity index (χ3n) is 4.06. The van der Waals surface area contributed by atoms with Gasteiger partial charge in [-0.25, -0.2) is 0 Å². The second-order valence-electron chi connectivity index (χ2n) is 5.90. The van der Waals surface area contributed by atoms with Gasteiger partial charge < -0.3 is 20.8 Å². The minimum atomic E-state index is -0.0992. The Balaban J connectivity index is 2.05. The van der Waals surface area contributed by atoms with E-state index >= 15 is 0 Å². The molecule has 3 rings (SSSR count). The molecule has 6 nitrogen and oxygen atoms in total. The van der Waals surface area contributed by atoms with Crippen molar-refractivity contribution in [2.45, 2.75) is 20.4 Å². The molecule has 0 atom stereocenters. The van der Waals surface area contributed by atoms with Crippen LogP contribution in [0.15, 0.2) is 33.5 Å². The SMILES string of the molecule is COc1cc2c(N)cc(Br)cc2c(NCc2c(C)cc(C)[nH]c2=O)n1. The van der Waals surface area contributed by atoms with Crippen molar-refractivity contribution < 1.29 is 4.74 Å². The number of rotatable bonds is 4. The smallest absolute Gasteiger partial charge is 0.253 e. The molecule has 0 fully saturated rings. The van der Waals surface area contributed by atoms with E-state index in [1.807, 2.05) is 32.0 Å². The Bertz CT molecular complexity index is 1010. The molecule has 0 amide bonds. The minimum absolute atomic E-state index is 0.0992. The number of nitrogen functional groups attached to an aromatic ring is 1. The van der Waals surface area contributed by atoms with Gasteiger partial charge in [0, 0.05) is 44.8 Å². The van der Waals surface area contributed by atoms with Crippen molar-refractivity contribution in [1.82, 2.24) is 9.97 Å². The number of aromatic amines is 1. The van der Waals surface area contributed by atoms with Gasteiger partial charge in [0.05, 0.1) is 7.11 Å². The number of nitrogens with two attached hydrogens (primary N) is 1. The van der Waals surface area contributed by atoms with E-state index in [4.69, 9.17) is 10.5 Å². The van der Waals surface area contributed by atoms with Gasteiger partial charge in [-0.05, 0) is 37.6 Å². The predicted octanol–water partition coefficient (Wildman–Crippen LogP) is 3.51. The highest BCUT2D eigenvalue weighted by atomic mass is 79.9. The summed E-state index contributed by atoms with van der Waals surface area (Å²) in [5.41, 5.74) is 9.09. The van der Waals surface area contributed by atoms with Crippen LogP contribution < -0.4 is 21.3 Å². The summed E-state index contributed by atoms with van der Waals surface area (Å²) in [6.07, 6.45) is 0. The standard InChI is InChI=1S/C18H19BrN4O2/c1-9-4-10(2)22-18(24)14(9)8-21-17-13-5-11(19)6-15(20)12(13)7-16(23-17)25-3/h4-7H,8,20H2,1-3H3,(H,21,23)(H,22,24). The molecule has 3 aromatic rings. The van der Waals surface area contributed by atoms with E-state index in [2.05, 4.69) is 31.2 Å². The number of halogens is 1. The maximum Gasteiger partial charge on any atom is 0.253 e. The topological polar surface area (TPSA) is 93.0 Å². The molecule has 25 heavy (non-hydrogen) atoms. The van der Waals surface area contributed by atoms with E-state index < -0.39 is 0 Å². The summed E-state index contributed by atoms with van der Waals surface area (Å²) in [5.74, 6) is 1.07. The maximum atomic E-state index is 12.2. The van der Waals surface area contributed by atoms with E-state index in [1.54, 1.807) is 13.2 Å². The number of nitrogens with zero attached hydrogens (tertiary/aromatic N) is 1. The van der Waals surface area contributed by atoms with Crippen LogP contribution in [-0.4, -0.2) is 17.1 Å². The van der Waals surface area contributed by atoms with Gasteiger partial charge in [0.2, 0.25) is 5.88 Å². The highest BCUT2D eigenvalue weighted by Crippen LogP contribution is 2.33. The highest BCUT2D eigenvalue weighted by molar-refractivity contribution is 9.10. The summed E-state index contributed by atoms with van der Waals surface area (Å²) in [5, 5.41) is 4.94. The lowest BCUT2D eigenvalue weighted by Crippen LogP contribution is -2.19. The molecule has 7 heteroatoms. The molecule has 0 radical (unpaired) electrons. The van der Waals surface area contributed by atoms with Crippen LogP contribution >= 0.6 is 15.9 Å². The number of aryl methyl sites for hydroxylation is 2. The number of benzene rings is 1. The Kier molecular flexibility index (Phi) is 4.67. The quantitative estimate of drug-likeness (QED) is 0.580. The number of methoxy groups -OCH3 is 1. The minimum Gasteiger partial charge on any atom is -0.481 e. The van der Waals surface area contributed by atoms with Gasteiger partial charge in [-0.2, -0.15) is 4.98 Å². The van der Waals surface area contributed by atoms with Crippen LogP contribution in [-0.2, 0) is 6.54 Å². The molecule has 2 heterocycles. The average Bonchev–Trinajstić information content (AvgIpc) is 2.53. The lowest BCUT2D eigenvalue weighted by molar-refractivity contribution is 0.399. The number of ether oxygens (including phenoxy) is 1. The molecule has 0 aliphatic heterocycles. The molecule has 130 valence electrons. The van der Waals surface area contributed by atoms with Gasteiger partial charge in [0.15, 0.2) is 0 Å². The summed E-state index contributed by atoms with van der Waals surface area (Å²) in [6, 6.07) is 7.52. The molecule has 0 spiro atoms. The third-order valence-corrected chi connectivity index (χ3v) is 4.52. The van der Waals surface area contributed by atoms with Crippen molar-refractivity contribution in [2.24, 2.45) is 0 Å². The Morgan fingerprint density at radius 2 is 2.00 bits per heavy atom. The van der Waals surface area contributed by atoms with Gasteiger partial charge in [0.1, 0.15) is 5.82 Å². The molecule has 0 saturated carbocycles. The van der Waals surface area contributed by atoms with Crippen molar-refractivity contribution in [2.75, 3.05) is 18.2 Å². The molecule has 1 aromatic carbocycles. The number of aromatic nitrogens is 2. The maximum absolute atomic E-state index is 12.2. The second-order valence-corrected chi connectivity index (χ2v) is 6.82. The molecule has 0 aliphatic rings. The Hall–Kier alpha value is -2.54. The summed E-state index contributed by atoms with van der Waals surface area (Å²) >= 11 is 3.46. The fraction of sp³-hybridized carbons (Fsp3) is 0.222. The number of hydrogen-bond donors (Lipinski definition) is 3. The van der Waals surface area contributed by atoms with Crippen molar-refractivity contribution in [1.29, 1.82) is 0 Å². The zero-order valence-electron chi connectivity index (χ0n) is 14.2. The van der Waals surface area contributed by atoms with Crippen molar-refractivity contribution >= 4 is 38.2 Å². The molecule has 0 bridgehead atoms. The molecular weight excluding hydrogens is 384 g/mol. The average molecular weight is 403 g/mol. The molecular formula is C18H19BrN4O2.